The molecular formula is C46H28. The predicted octanol–water partition coefficient (Wildman–Crippen LogP) is 13.2. The van der Waals surface area contributed by atoms with Gasteiger partial charge in [-0.05, 0) is 133 Å². The highest BCUT2D eigenvalue weighted by Gasteiger charge is 2.16. The number of hydrogen-bond acceptors (Lipinski definition) is 0. The highest BCUT2D eigenvalue weighted by molar-refractivity contribution is 6.38. The fourth-order valence-corrected chi connectivity index (χ4v) is 7.83. The molecule has 0 aliphatic heterocycles. The molecule has 0 saturated heterocycles. The highest BCUT2D eigenvalue weighted by Crippen LogP contribution is 2.44. The van der Waals surface area contributed by atoms with Crippen LogP contribution in [0, 0.1) is 0 Å². The van der Waals surface area contributed by atoms with Crippen molar-refractivity contribution in [2.45, 2.75) is 0 Å². The topological polar surface area (TPSA) is 0 Å². The van der Waals surface area contributed by atoms with Crippen molar-refractivity contribution in [2.75, 3.05) is 0 Å². The van der Waals surface area contributed by atoms with Gasteiger partial charge in [-0.15, -0.1) is 0 Å². The van der Waals surface area contributed by atoms with E-state index in [-0.39, 0.29) is 0 Å². The highest BCUT2D eigenvalue weighted by atomic mass is 14.2. The van der Waals surface area contributed by atoms with Gasteiger partial charge < -0.3 is 0 Å². The number of benzene rings is 11. The molecule has 0 N–H and O–H groups in total. The van der Waals surface area contributed by atoms with Gasteiger partial charge in [0.1, 0.15) is 0 Å². The lowest BCUT2D eigenvalue weighted by molar-refractivity contribution is 1.77. The van der Waals surface area contributed by atoms with Gasteiger partial charge in [-0.25, -0.2) is 0 Å². The summed E-state index contributed by atoms with van der Waals surface area (Å²) in [5.74, 6) is 0. The molecule has 0 aromatic heterocycles. The molecule has 0 nitrogen and oxygen atoms in total. The molecular weight excluding hydrogens is 553 g/mol. The first-order chi connectivity index (χ1) is 22.8. The van der Waals surface area contributed by atoms with Crippen molar-refractivity contribution < 1.29 is 0 Å². The minimum absolute atomic E-state index is 1.31. The van der Waals surface area contributed by atoms with E-state index in [1.54, 1.807) is 0 Å². The lowest BCUT2D eigenvalue weighted by Gasteiger charge is -2.17. The molecule has 0 unspecified atom stereocenters. The summed E-state index contributed by atoms with van der Waals surface area (Å²) in [4.78, 5) is 0. The van der Waals surface area contributed by atoms with Gasteiger partial charge in [-0.1, -0.05) is 133 Å². The van der Waals surface area contributed by atoms with Crippen LogP contribution in [0.25, 0.3) is 97.0 Å². The minimum atomic E-state index is 1.31. The van der Waals surface area contributed by atoms with Crippen molar-refractivity contribution in [1.29, 1.82) is 0 Å². The van der Waals surface area contributed by atoms with E-state index in [0.29, 0.717) is 0 Å². The third-order valence-electron chi connectivity index (χ3n) is 9.92. The normalized spacial score (nSPS) is 11.9. The molecule has 0 atom stereocenters. The third-order valence-corrected chi connectivity index (χ3v) is 9.92. The van der Waals surface area contributed by atoms with E-state index in [1.807, 2.05) is 0 Å². The Kier molecular flexibility index (Phi) is 5.38. The number of fused-ring (bicyclic) bond motifs is 9. The SMILES string of the molecule is c1ccc2c(c1)cc1c3cccc4c5ccccc5cc(c5cccc2c51)c43.c1ccc2cc3cc4ccccc4cc3cc2c1. The van der Waals surface area contributed by atoms with Crippen LogP contribution in [0.4, 0.5) is 0 Å². The van der Waals surface area contributed by atoms with Crippen molar-refractivity contribution in [3.8, 4) is 0 Å². The fourth-order valence-electron chi connectivity index (χ4n) is 7.83. The molecule has 0 spiro atoms. The van der Waals surface area contributed by atoms with Crippen molar-refractivity contribution in [3.05, 3.63) is 170 Å². The first-order valence-electron chi connectivity index (χ1n) is 16.0. The smallest absolute Gasteiger partial charge is 0.00199 e. The summed E-state index contributed by atoms with van der Waals surface area (Å²) in [6.07, 6.45) is 0. The van der Waals surface area contributed by atoms with E-state index < -0.39 is 0 Å². The first kappa shape index (κ1) is 25.4. The average Bonchev–Trinajstić information content (AvgIpc) is 3.12. The Bertz CT molecular complexity index is 2690. The maximum atomic E-state index is 2.38. The molecule has 0 aliphatic rings. The Labute approximate surface area is 266 Å². The maximum Gasteiger partial charge on any atom is -0.00199 e. The van der Waals surface area contributed by atoms with Gasteiger partial charge >= 0.3 is 0 Å². The van der Waals surface area contributed by atoms with E-state index in [2.05, 4.69) is 170 Å². The Morgan fingerprint density at radius 2 is 0.457 bits per heavy atom. The van der Waals surface area contributed by atoms with Crippen LogP contribution in [0.2, 0.25) is 0 Å². The van der Waals surface area contributed by atoms with Crippen LogP contribution < -0.4 is 0 Å². The molecule has 212 valence electrons. The fraction of sp³-hybridized carbons (Fsp3) is 0. The van der Waals surface area contributed by atoms with E-state index in [0.717, 1.165) is 0 Å². The summed E-state index contributed by atoms with van der Waals surface area (Å²) >= 11 is 0. The summed E-state index contributed by atoms with van der Waals surface area (Å²) in [6.45, 7) is 0. The maximum absolute atomic E-state index is 2.38. The molecule has 11 aromatic rings. The molecule has 0 heteroatoms. The minimum Gasteiger partial charge on any atom is -0.0616 e. The summed E-state index contributed by atoms with van der Waals surface area (Å²) < 4.78 is 0. The van der Waals surface area contributed by atoms with Crippen LogP contribution in [0.15, 0.2) is 170 Å². The average molecular weight is 581 g/mol. The Hall–Kier alpha value is -5.98. The molecule has 11 rings (SSSR count). The van der Waals surface area contributed by atoms with Crippen LogP contribution in [0.3, 0.4) is 0 Å². The second-order valence-electron chi connectivity index (χ2n) is 12.5. The van der Waals surface area contributed by atoms with Gasteiger partial charge in [0.15, 0.2) is 0 Å². The Morgan fingerprint density at radius 1 is 0.174 bits per heavy atom. The Balaban J connectivity index is 0.000000132. The summed E-state index contributed by atoms with van der Waals surface area (Å²) in [5.41, 5.74) is 0. The monoisotopic (exact) mass is 580 g/mol. The summed E-state index contributed by atoms with van der Waals surface area (Å²) in [6, 6.07) is 62.0. The van der Waals surface area contributed by atoms with Crippen molar-refractivity contribution in [1.82, 2.24) is 0 Å². The van der Waals surface area contributed by atoms with Crippen LogP contribution >= 0.6 is 0 Å². The molecule has 46 heavy (non-hydrogen) atoms. The zero-order chi connectivity index (χ0) is 30.2. The van der Waals surface area contributed by atoms with Crippen LogP contribution in [-0.4, -0.2) is 0 Å². The lowest BCUT2D eigenvalue weighted by Crippen LogP contribution is -1.89. The molecule has 0 amide bonds. The molecule has 0 radical (unpaired) electrons. The van der Waals surface area contributed by atoms with Crippen LogP contribution in [0.1, 0.15) is 0 Å². The zero-order valence-electron chi connectivity index (χ0n) is 25.2. The van der Waals surface area contributed by atoms with Gasteiger partial charge in [0.2, 0.25) is 0 Å². The molecule has 0 fully saturated rings. The van der Waals surface area contributed by atoms with Gasteiger partial charge in [0.05, 0.1) is 0 Å². The lowest BCUT2D eigenvalue weighted by atomic mass is 9.86. The standard InChI is InChI=1S/C28H16.C18H12/c1-3-9-19-17(7-1)15-25-23-13-6-12-22-20-10-4-2-8-18(20)16-26(28(22)23)24-14-5-11-21(19)27(24)25;1-2-6-14-10-18-12-16-8-4-3-7-15(16)11-17(18)9-13(14)5-1/h1-16H;1-12H. The largest absolute Gasteiger partial charge is 0.0616 e. The predicted molar refractivity (Wildman–Crippen MR) is 202 cm³/mol. The second-order valence-corrected chi connectivity index (χ2v) is 12.5. The summed E-state index contributed by atoms with van der Waals surface area (Å²) in [7, 11) is 0. The van der Waals surface area contributed by atoms with Crippen molar-refractivity contribution in [2.24, 2.45) is 0 Å². The first-order valence-corrected chi connectivity index (χ1v) is 16.0. The van der Waals surface area contributed by atoms with E-state index >= 15 is 0 Å². The summed E-state index contributed by atoms with van der Waals surface area (Å²) in [5, 5.41) is 24.0. The quantitative estimate of drug-likeness (QED) is 0.124. The molecule has 0 bridgehead atoms. The molecule has 0 saturated carbocycles. The van der Waals surface area contributed by atoms with E-state index in [4.69, 9.17) is 0 Å². The van der Waals surface area contributed by atoms with Gasteiger partial charge in [-0.2, -0.15) is 0 Å². The van der Waals surface area contributed by atoms with Gasteiger partial charge in [0.25, 0.3) is 0 Å². The van der Waals surface area contributed by atoms with Gasteiger partial charge in [-0.3, -0.25) is 0 Å². The van der Waals surface area contributed by atoms with Crippen molar-refractivity contribution >= 4 is 97.0 Å². The van der Waals surface area contributed by atoms with Crippen molar-refractivity contribution in [3.63, 3.8) is 0 Å². The number of hydrogen-bond donors (Lipinski definition) is 0. The molecule has 0 aliphatic carbocycles. The van der Waals surface area contributed by atoms with Crippen LogP contribution in [-0.2, 0) is 0 Å². The Morgan fingerprint density at radius 3 is 0.826 bits per heavy atom. The molecule has 11 aromatic carbocycles. The third kappa shape index (κ3) is 3.74. The number of rotatable bonds is 0. The van der Waals surface area contributed by atoms with Gasteiger partial charge in [0, 0.05) is 0 Å². The molecule has 0 heterocycles. The zero-order valence-corrected chi connectivity index (χ0v) is 25.2. The van der Waals surface area contributed by atoms with Crippen LogP contribution in [0.5, 0.6) is 0 Å². The van der Waals surface area contributed by atoms with E-state index in [9.17, 15) is 0 Å². The van der Waals surface area contributed by atoms with E-state index in [1.165, 1.54) is 97.0 Å². The second kappa shape index (κ2) is 9.76.